The van der Waals surface area contributed by atoms with Crippen LogP contribution >= 0.6 is 11.8 Å². The van der Waals surface area contributed by atoms with Gasteiger partial charge in [0.1, 0.15) is 5.75 Å². The van der Waals surface area contributed by atoms with Gasteiger partial charge in [-0.05, 0) is 30.7 Å². The first kappa shape index (κ1) is 9.87. The van der Waals surface area contributed by atoms with Crippen LogP contribution in [0.1, 0.15) is 18.4 Å². The summed E-state index contributed by atoms with van der Waals surface area (Å²) in [4.78, 5) is 1.19. The molecular weight excluding hydrogens is 194 g/mol. The molecule has 1 fully saturated rings. The van der Waals surface area contributed by atoms with E-state index in [0.717, 1.165) is 18.6 Å². The molecule has 0 bridgehead atoms. The van der Waals surface area contributed by atoms with E-state index in [4.69, 9.17) is 10.5 Å². The fourth-order valence-corrected chi connectivity index (χ4v) is 2.53. The summed E-state index contributed by atoms with van der Waals surface area (Å²) >= 11 is 1.71. The van der Waals surface area contributed by atoms with E-state index in [2.05, 4.69) is 12.3 Å². The van der Waals surface area contributed by atoms with E-state index >= 15 is 0 Å². The Hall–Kier alpha value is -0.670. The highest BCUT2D eigenvalue weighted by Gasteiger charge is 2.42. The van der Waals surface area contributed by atoms with Gasteiger partial charge in [0.25, 0.3) is 0 Å². The Kier molecular flexibility index (Phi) is 2.45. The molecule has 1 aliphatic carbocycles. The minimum atomic E-state index is -0.0765. The van der Waals surface area contributed by atoms with Crippen molar-refractivity contribution >= 4 is 11.8 Å². The first-order valence-corrected chi connectivity index (χ1v) is 5.94. The third kappa shape index (κ3) is 1.51. The molecule has 0 radical (unpaired) electrons. The van der Waals surface area contributed by atoms with Gasteiger partial charge in [0.15, 0.2) is 0 Å². The second kappa shape index (κ2) is 3.48. The number of hydrogen-bond donors (Lipinski definition) is 1. The monoisotopic (exact) mass is 209 g/mol. The van der Waals surface area contributed by atoms with Gasteiger partial charge in [-0.15, -0.1) is 11.8 Å². The second-order valence-corrected chi connectivity index (χ2v) is 4.51. The highest BCUT2D eigenvalue weighted by atomic mass is 32.2. The molecule has 0 amide bonds. The zero-order chi connectivity index (χ0) is 10.2. The molecule has 0 aliphatic heterocycles. The molecule has 1 aliphatic rings. The summed E-state index contributed by atoms with van der Waals surface area (Å²) in [6.07, 6.45) is 4.24. The van der Waals surface area contributed by atoms with E-state index in [1.165, 1.54) is 10.5 Å². The number of thioether (sulfide) groups is 1. The molecule has 0 aromatic heterocycles. The molecule has 1 aromatic rings. The number of hydrogen-bond acceptors (Lipinski definition) is 3. The molecule has 2 rings (SSSR count). The van der Waals surface area contributed by atoms with E-state index in [0.29, 0.717) is 0 Å². The van der Waals surface area contributed by atoms with Crippen LogP contribution in [0.3, 0.4) is 0 Å². The minimum Gasteiger partial charge on any atom is -0.496 e. The van der Waals surface area contributed by atoms with Crippen LogP contribution in [0.2, 0.25) is 0 Å². The van der Waals surface area contributed by atoms with Crippen molar-refractivity contribution in [3.63, 3.8) is 0 Å². The zero-order valence-corrected chi connectivity index (χ0v) is 9.36. The van der Waals surface area contributed by atoms with Crippen molar-refractivity contribution in [1.82, 2.24) is 0 Å². The van der Waals surface area contributed by atoms with Gasteiger partial charge in [-0.1, -0.05) is 12.1 Å². The lowest BCUT2D eigenvalue weighted by Gasteiger charge is -2.16. The summed E-state index contributed by atoms with van der Waals surface area (Å²) in [7, 11) is 1.70. The summed E-state index contributed by atoms with van der Waals surface area (Å²) in [5, 5.41) is 0. The van der Waals surface area contributed by atoms with Crippen LogP contribution in [-0.2, 0) is 5.54 Å². The Morgan fingerprint density at radius 3 is 2.64 bits per heavy atom. The van der Waals surface area contributed by atoms with E-state index < -0.39 is 0 Å². The van der Waals surface area contributed by atoms with Crippen LogP contribution < -0.4 is 10.5 Å². The molecule has 2 N–H and O–H groups in total. The van der Waals surface area contributed by atoms with Gasteiger partial charge in [-0.2, -0.15) is 0 Å². The summed E-state index contributed by atoms with van der Waals surface area (Å²) in [5.74, 6) is 0.937. The fourth-order valence-electron chi connectivity index (χ4n) is 1.68. The average molecular weight is 209 g/mol. The van der Waals surface area contributed by atoms with Gasteiger partial charge in [0, 0.05) is 5.54 Å². The van der Waals surface area contributed by atoms with Crippen molar-refractivity contribution in [2.75, 3.05) is 13.4 Å². The molecular formula is C11H15NOS. The van der Waals surface area contributed by atoms with E-state index in [1.54, 1.807) is 18.9 Å². The number of ether oxygens (including phenoxy) is 1. The summed E-state index contributed by atoms with van der Waals surface area (Å²) in [6, 6.07) is 6.11. The van der Waals surface area contributed by atoms with E-state index in [-0.39, 0.29) is 5.54 Å². The lowest BCUT2D eigenvalue weighted by atomic mass is 10.1. The van der Waals surface area contributed by atoms with Gasteiger partial charge in [0.2, 0.25) is 0 Å². The molecule has 0 heterocycles. The lowest BCUT2D eigenvalue weighted by molar-refractivity contribution is 0.402. The van der Waals surface area contributed by atoms with Crippen molar-refractivity contribution in [3.8, 4) is 5.75 Å². The van der Waals surface area contributed by atoms with Crippen LogP contribution in [-0.4, -0.2) is 13.4 Å². The molecule has 3 heteroatoms. The maximum absolute atomic E-state index is 6.20. The third-order valence-electron chi connectivity index (χ3n) is 2.73. The predicted octanol–water partition coefficient (Wildman–Crippen LogP) is 2.36. The maximum Gasteiger partial charge on any atom is 0.132 e. The normalized spacial score (nSPS) is 17.9. The number of rotatable bonds is 3. The van der Waals surface area contributed by atoms with Crippen LogP contribution in [0.15, 0.2) is 23.1 Å². The first-order chi connectivity index (χ1) is 6.71. The summed E-state index contributed by atoms with van der Waals surface area (Å²) in [6.45, 7) is 0. The van der Waals surface area contributed by atoms with Crippen molar-refractivity contribution in [2.45, 2.75) is 23.3 Å². The number of benzene rings is 1. The summed E-state index contributed by atoms with van der Waals surface area (Å²) < 4.78 is 5.32. The molecule has 0 unspecified atom stereocenters. The van der Waals surface area contributed by atoms with Crippen molar-refractivity contribution in [1.29, 1.82) is 0 Å². The van der Waals surface area contributed by atoms with Crippen LogP contribution in [0.5, 0.6) is 5.75 Å². The molecule has 0 atom stereocenters. The van der Waals surface area contributed by atoms with E-state index in [1.807, 2.05) is 12.1 Å². The second-order valence-electron chi connectivity index (χ2n) is 3.70. The number of nitrogens with two attached hydrogens (primary N) is 1. The Bertz CT molecular complexity index is 347. The molecule has 1 aromatic carbocycles. The summed E-state index contributed by atoms with van der Waals surface area (Å²) in [5.41, 5.74) is 7.36. The number of methoxy groups -OCH3 is 1. The molecule has 0 saturated heterocycles. The van der Waals surface area contributed by atoms with Gasteiger partial charge in [-0.3, -0.25) is 0 Å². The van der Waals surface area contributed by atoms with Crippen LogP contribution in [0, 0.1) is 0 Å². The predicted molar refractivity (Wildman–Crippen MR) is 59.9 cm³/mol. The fraction of sp³-hybridized carbons (Fsp3) is 0.455. The molecule has 0 spiro atoms. The van der Waals surface area contributed by atoms with Crippen molar-refractivity contribution in [2.24, 2.45) is 5.73 Å². The largest absolute Gasteiger partial charge is 0.496 e. The van der Waals surface area contributed by atoms with Crippen molar-refractivity contribution in [3.05, 3.63) is 23.8 Å². The van der Waals surface area contributed by atoms with Gasteiger partial charge < -0.3 is 10.5 Å². The molecule has 76 valence electrons. The average Bonchev–Trinajstić information content (AvgIpc) is 2.96. The third-order valence-corrected chi connectivity index (χ3v) is 3.56. The van der Waals surface area contributed by atoms with Gasteiger partial charge in [-0.25, -0.2) is 0 Å². The van der Waals surface area contributed by atoms with E-state index in [9.17, 15) is 0 Å². The Morgan fingerprint density at radius 2 is 2.14 bits per heavy atom. The minimum absolute atomic E-state index is 0.0765. The Morgan fingerprint density at radius 1 is 1.43 bits per heavy atom. The maximum atomic E-state index is 6.20. The van der Waals surface area contributed by atoms with Crippen LogP contribution in [0.25, 0.3) is 0 Å². The van der Waals surface area contributed by atoms with Gasteiger partial charge in [0.05, 0.1) is 12.0 Å². The SMILES string of the molecule is COc1cccc(C2(N)CC2)c1SC. The zero-order valence-electron chi connectivity index (χ0n) is 8.54. The molecule has 2 nitrogen and oxygen atoms in total. The lowest BCUT2D eigenvalue weighted by Crippen LogP contribution is -2.19. The highest BCUT2D eigenvalue weighted by Crippen LogP contribution is 2.48. The van der Waals surface area contributed by atoms with Crippen molar-refractivity contribution < 1.29 is 4.74 Å². The molecule has 1 saturated carbocycles. The smallest absolute Gasteiger partial charge is 0.132 e. The van der Waals surface area contributed by atoms with Gasteiger partial charge >= 0.3 is 0 Å². The topological polar surface area (TPSA) is 35.2 Å². The first-order valence-electron chi connectivity index (χ1n) is 4.71. The highest BCUT2D eigenvalue weighted by molar-refractivity contribution is 7.98. The quantitative estimate of drug-likeness (QED) is 0.776. The Balaban J connectivity index is 2.48. The van der Waals surface area contributed by atoms with Crippen LogP contribution in [0.4, 0.5) is 0 Å². The Labute approximate surface area is 88.8 Å². The molecule has 14 heavy (non-hydrogen) atoms. The standard InChI is InChI=1S/C11H15NOS/c1-13-9-5-3-4-8(10(9)14-2)11(12)6-7-11/h3-5H,6-7,12H2,1-2H3.